The zero-order chi connectivity index (χ0) is 27.3. The summed E-state index contributed by atoms with van der Waals surface area (Å²) in [4.78, 5) is 11.4. The first-order chi connectivity index (χ1) is 17.8. The maximum atomic E-state index is 11.4. The Balaban J connectivity index is 1.34. The Bertz CT molecular complexity index is 1080. The zero-order valence-corrected chi connectivity index (χ0v) is 25.4. The minimum Gasteiger partial charge on any atom is -0.325 e. The molecule has 4 saturated carbocycles. The van der Waals surface area contributed by atoms with Crippen molar-refractivity contribution in [1.82, 2.24) is 0 Å². The Morgan fingerprint density at radius 1 is 0.921 bits per heavy atom. The topological polar surface area (TPSA) is 43.1 Å². The van der Waals surface area contributed by atoms with Crippen LogP contribution < -0.4 is 5.73 Å². The number of hydrogen-bond donors (Lipinski definition) is 1. The lowest BCUT2D eigenvalue weighted by molar-refractivity contribution is -0.219. The molecule has 0 heterocycles. The van der Waals surface area contributed by atoms with Crippen molar-refractivity contribution in [1.29, 1.82) is 0 Å². The molecule has 4 fully saturated rings. The zero-order valence-electron chi connectivity index (χ0n) is 25.4. The molecular weight excluding hydrogens is 462 g/mol. The quantitative estimate of drug-likeness (QED) is 0.300. The number of aldehydes is 1. The van der Waals surface area contributed by atoms with Crippen LogP contribution in [0.3, 0.4) is 0 Å². The highest BCUT2D eigenvalue weighted by Crippen LogP contribution is 2.76. The van der Waals surface area contributed by atoms with E-state index in [2.05, 4.69) is 60.3 Å². The number of hydrogen-bond acceptors (Lipinski definition) is 2. The summed E-state index contributed by atoms with van der Waals surface area (Å²) in [5, 5.41) is 0. The lowest BCUT2D eigenvalue weighted by atomic mass is 9.33. The molecular formula is C36H55NO. The van der Waals surface area contributed by atoms with Crippen LogP contribution in [0.4, 0.5) is 0 Å². The Hall–Kier alpha value is -1.15. The SMILES string of the molecule is C=C(C)[C@@H]1CC[C@]2(N)CC[C@]3(C)[C@H](CC[C@@H]4[C@@]5(C)CC=C(C6=CCC(C=O)CC6)C(C)(C)[C@@H]5CC[C@]43C)[C@@H]12. The fourth-order valence-corrected chi connectivity index (χ4v) is 12.6. The van der Waals surface area contributed by atoms with Crippen LogP contribution in [0, 0.1) is 57.2 Å². The Labute approximate surface area is 233 Å². The molecule has 0 spiro atoms. The molecule has 6 aliphatic rings. The molecule has 1 unspecified atom stereocenters. The molecule has 0 aromatic carbocycles. The molecule has 2 nitrogen and oxygen atoms in total. The normalized spacial score (nSPS) is 51.4. The maximum absolute atomic E-state index is 11.4. The van der Waals surface area contributed by atoms with E-state index in [4.69, 9.17) is 5.73 Å². The summed E-state index contributed by atoms with van der Waals surface area (Å²) >= 11 is 0. The van der Waals surface area contributed by atoms with Gasteiger partial charge in [-0.05, 0) is 146 Å². The molecule has 10 atom stereocenters. The standard InChI is InChI=1S/C36H55NO/c1-23(2)26-14-19-36(37)21-20-34(6)28(31(26)36)12-13-30-33(5)17-15-27(25-10-8-24(22-38)9-11-25)32(3,4)29(33)16-18-35(30,34)7/h10,15,22,24,26,28-31H,1,8-9,11-14,16-21,37H2,2-7H3/t24?,26-,28+,29-,30+,31+,33-,34+,35+,36-/m0/s1. The second-order valence-corrected chi connectivity index (χ2v) is 16.4. The van der Waals surface area contributed by atoms with E-state index in [0.29, 0.717) is 28.1 Å². The van der Waals surface area contributed by atoms with Gasteiger partial charge < -0.3 is 10.5 Å². The molecule has 6 rings (SSSR count). The predicted octanol–water partition coefficient (Wildman–Crippen LogP) is 8.82. The van der Waals surface area contributed by atoms with Crippen molar-refractivity contribution >= 4 is 6.29 Å². The molecule has 0 bridgehead atoms. The second-order valence-electron chi connectivity index (χ2n) is 16.4. The van der Waals surface area contributed by atoms with E-state index in [1.807, 2.05) is 0 Å². The monoisotopic (exact) mass is 517 g/mol. The van der Waals surface area contributed by atoms with Crippen LogP contribution in [0.15, 0.2) is 35.5 Å². The van der Waals surface area contributed by atoms with Gasteiger partial charge >= 0.3 is 0 Å². The van der Waals surface area contributed by atoms with E-state index < -0.39 is 0 Å². The minimum atomic E-state index is 0.0408. The van der Waals surface area contributed by atoms with Gasteiger partial charge in [0.25, 0.3) is 0 Å². The van der Waals surface area contributed by atoms with Crippen LogP contribution in [0.2, 0.25) is 0 Å². The van der Waals surface area contributed by atoms with E-state index in [0.717, 1.165) is 37.0 Å². The van der Waals surface area contributed by atoms with Gasteiger partial charge in [-0.1, -0.05) is 58.9 Å². The highest BCUT2D eigenvalue weighted by atomic mass is 16.1. The smallest absolute Gasteiger partial charge is 0.123 e. The number of fused-ring (bicyclic) bond motifs is 7. The summed E-state index contributed by atoms with van der Waals surface area (Å²) in [5.74, 6) is 3.73. The average molecular weight is 518 g/mol. The molecule has 0 aromatic rings. The van der Waals surface area contributed by atoms with E-state index in [1.54, 1.807) is 11.1 Å². The van der Waals surface area contributed by atoms with Crippen LogP contribution >= 0.6 is 0 Å². The van der Waals surface area contributed by atoms with Gasteiger partial charge in [-0.2, -0.15) is 0 Å². The molecule has 0 saturated heterocycles. The summed E-state index contributed by atoms with van der Waals surface area (Å²) in [6, 6.07) is 0. The van der Waals surface area contributed by atoms with Crippen molar-refractivity contribution in [3.8, 4) is 0 Å². The van der Waals surface area contributed by atoms with Crippen molar-refractivity contribution in [2.45, 2.75) is 124 Å². The van der Waals surface area contributed by atoms with Gasteiger partial charge in [0.15, 0.2) is 0 Å². The number of nitrogens with two attached hydrogens (primary N) is 1. The van der Waals surface area contributed by atoms with Crippen molar-refractivity contribution in [3.05, 3.63) is 35.5 Å². The highest BCUT2D eigenvalue weighted by Gasteiger charge is 2.70. The summed E-state index contributed by atoms with van der Waals surface area (Å²) in [7, 11) is 0. The van der Waals surface area contributed by atoms with Crippen molar-refractivity contribution in [2.24, 2.45) is 62.9 Å². The predicted molar refractivity (Wildman–Crippen MR) is 158 cm³/mol. The molecule has 210 valence electrons. The van der Waals surface area contributed by atoms with Crippen molar-refractivity contribution in [2.75, 3.05) is 0 Å². The summed E-state index contributed by atoms with van der Waals surface area (Å²) in [6.07, 6.45) is 21.0. The molecule has 2 N–H and O–H groups in total. The maximum Gasteiger partial charge on any atom is 0.123 e. The van der Waals surface area contributed by atoms with Crippen LogP contribution in [-0.2, 0) is 4.79 Å². The third-order valence-corrected chi connectivity index (χ3v) is 14.7. The molecule has 0 aliphatic heterocycles. The van der Waals surface area contributed by atoms with Gasteiger partial charge in [0.05, 0.1) is 0 Å². The number of carbonyl (C=O) groups is 1. The van der Waals surface area contributed by atoms with Gasteiger partial charge in [-0.15, -0.1) is 0 Å². The van der Waals surface area contributed by atoms with Gasteiger partial charge in [-0.3, -0.25) is 0 Å². The molecule has 6 aliphatic carbocycles. The fraction of sp³-hybridized carbons (Fsp3) is 0.806. The first-order valence-corrected chi connectivity index (χ1v) is 16.1. The van der Waals surface area contributed by atoms with E-state index in [9.17, 15) is 4.79 Å². The van der Waals surface area contributed by atoms with Gasteiger partial charge in [0.1, 0.15) is 6.29 Å². The molecule has 0 aromatic heterocycles. The summed E-state index contributed by atoms with van der Waals surface area (Å²) in [6.45, 7) is 20.0. The fourth-order valence-electron chi connectivity index (χ4n) is 12.6. The largest absolute Gasteiger partial charge is 0.325 e. The lowest BCUT2D eigenvalue weighted by Gasteiger charge is -2.72. The van der Waals surface area contributed by atoms with Gasteiger partial charge in [0, 0.05) is 11.5 Å². The van der Waals surface area contributed by atoms with E-state index in [-0.39, 0.29) is 16.9 Å². The molecule has 0 amide bonds. The Morgan fingerprint density at radius 3 is 2.34 bits per heavy atom. The second kappa shape index (κ2) is 8.67. The van der Waals surface area contributed by atoms with Crippen LogP contribution in [0.25, 0.3) is 0 Å². The highest BCUT2D eigenvalue weighted by molar-refractivity contribution is 5.55. The van der Waals surface area contributed by atoms with E-state index in [1.165, 1.54) is 69.6 Å². The van der Waals surface area contributed by atoms with Gasteiger partial charge in [-0.25, -0.2) is 0 Å². The van der Waals surface area contributed by atoms with Crippen molar-refractivity contribution in [3.63, 3.8) is 0 Å². The summed E-state index contributed by atoms with van der Waals surface area (Å²) in [5.41, 5.74) is 13.2. The Kier molecular flexibility index (Phi) is 6.17. The van der Waals surface area contributed by atoms with E-state index >= 15 is 0 Å². The lowest BCUT2D eigenvalue weighted by Crippen LogP contribution is -2.67. The third-order valence-electron chi connectivity index (χ3n) is 14.7. The van der Waals surface area contributed by atoms with Crippen LogP contribution in [0.5, 0.6) is 0 Å². The third kappa shape index (κ3) is 3.43. The van der Waals surface area contributed by atoms with Gasteiger partial charge in [0.2, 0.25) is 0 Å². The number of allylic oxidation sites excluding steroid dienone is 5. The molecule has 2 heteroatoms. The Morgan fingerprint density at radius 2 is 1.68 bits per heavy atom. The van der Waals surface area contributed by atoms with Crippen LogP contribution in [0.1, 0.15) is 119 Å². The molecule has 0 radical (unpaired) electrons. The number of carbonyl (C=O) groups excluding carboxylic acids is 1. The first kappa shape index (κ1) is 27.0. The average Bonchev–Trinajstić information content (AvgIpc) is 3.22. The van der Waals surface area contributed by atoms with Crippen molar-refractivity contribution < 1.29 is 4.79 Å². The van der Waals surface area contributed by atoms with Crippen LogP contribution in [-0.4, -0.2) is 11.8 Å². The number of rotatable bonds is 3. The molecule has 38 heavy (non-hydrogen) atoms. The minimum absolute atomic E-state index is 0.0408. The first-order valence-electron chi connectivity index (χ1n) is 16.1. The summed E-state index contributed by atoms with van der Waals surface area (Å²) < 4.78 is 0.